The van der Waals surface area contributed by atoms with Crippen LogP contribution in [0.2, 0.25) is 0 Å². The Morgan fingerprint density at radius 2 is 1.29 bits per heavy atom. The number of para-hydroxylation sites is 2. The van der Waals surface area contributed by atoms with E-state index < -0.39 is 0 Å². The summed E-state index contributed by atoms with van der Waals surface area (Å²) in [6.45, 7) is 0. The van der Waals surface area contributed by atoms with Crippen LogP contribution in [0.5, 0.6) is 0 Å². The maximum Gasteiger partial charge on any atom is 0.238 e. The predicted molar refractivity (Wildman–Crippen MR) is 183 cm³/mol. The van der Waals surface area contributed by atoms with Crippen molar-refractivity contribution in [3.8, 4) is 28.7 Å². The van der Waals surface area contributed by atoms with Crippen molar-refractivity contribution in [2.75, 3.05) is 0 Å². The topological polar surface area (TPSA) is 69.6 Å². The molecule has 10 aromatic rings. The number of hydrogen-bond acceptors (Lipinski definition) is 6. The lowest BCUT2D eigenvalue weighted by Crippen LogP contribution is -2.06. The summed E-state index contributed by atoms with van der Waals surface area (Å²) < 4.78 is 10.8. The lowest BCUT2D eigenvalue weighted by Gasteiger charge is -2.11. The van der Waals surface area contributed by atoms with Gasteiger partial charge < -0.3 is 4.42 Å². The smallest absolute Gasteiger partial charge is 0.238 e. The molecule has 0 aliphatic rings. The van der Waals surface area contributed by atoms with Crippen LogP contribution in [0.1, 0.15) is 0 Å². The molecule has 7 heteroatoms. The van der Waals surface area contributed by atoms with E-state index in [0.717, 1.165) is 54.9 Å². The number of pyridine rings is 1. The van der Waals surface area contributed by atoms with Gasteiger partial charge in [0.1, 0.15) is 11.2 Å². The standard InChI is InChI=1S/C38H21N5OS/c1-4-12-29-23(8-1)24-9-2-5-13-30(24)43(29)38-41-36(22-16-17-26-25-10-3-6-15-33(25)45-34(26)20-22)40-37(42-38)27-11-7-14-32-35(27)28-21-39-19-18-31(28)44-32/h1-21H. The molecular weight excluding hydrogens is 575 g/mol. The first-order valence-electron chi connectivity index (χ1n) is 14.7. The van der Waals surface area contributed by atoms with E-state index in [1.54, 1.807) is 17.5 Å². The van der Waals surface area contributed by atoms with Gasteiger partial charge in [-0.2, -0.15) is 9.97 Å². The van der Waals surface area contributed by atoms with Crippen molar-refractivity contribution >= 4 is 75.3 Å². The molecule has 5 aromatic carbocycles. The molecule has 0 saturated carbocycles. The molecule has 0 atom stereocenters. The molecule has 5 heterocycles. The second-order valence-electron chi connectivity index (χ2n) is 11.1. The lowest BCUT2D eigenvalue weighted by atomic mass is 10.1. The Balaban J connectivity index is 1.29. The lowest BCUT2D eigenvalue weighted by molar-refractivity contribution is 0.668. The molecule has 5 aromatic heterocycles. The Kier molecular flexibility index (Phi) is 5.06. The minimum Gasteiger partial charge on any atom is -0.456 e. The third-order valence-corrected chi connectivity index (χ3v) is 9.71. The third kappa shape index (κ3) is 3.62. The second kappa shape index (κ2) is 9.29. The van der Waals surface area contributed by atoms with Crippen LogP contribution in [0.25, 0.3) is 92.6 Å². The molecule has 0 N–H and O–H groups in total. The van der Waals surface area contributed by atoms with Gasteiger partial charge in [-0.15, -0.1) is 11.3 Å². The molecule has 0 unspecified atom stereocenters. The molecule has 45 heavy (non-hydrogen) atoms. The quantitative estimate of drug-likeness (QED) is 0.203. The van der Waals surface area contributed by atoms with Gasteiger partial charge >= 0.3 is 0 Å². The minimum absolute atomic E-state index is 0.562. The molecule has 0 saturated heterocycles. The SMILES string of the molecule is c1cc(-c2nc(-c3ccc4c(c3)sc3ccccc34)nc(-n3c4ccccc4c4ccccc43)n2)c2c(c1)oc1ccncc12. The van der Waals surface area contributed by atoms with Gasteiger partial charge in [0.15, 0.2) is 11.6 Å². The highest BCUT2D eigenvalue weighted by molar-refractivity contribution is 7.25. The van der Waals surface area contributed by atoms with E-state index in [-0.39, 0.29) is 0 Å². The van der Waals surface area contributed by atoms with Crippen molar-refractivity contribution in [3.05, 3.63) is 128 Å². The van der Waals surface area contributed by atoms with E-state index in [1.165, 1.54) is 20.2 Å². The summed E-state index contributed by atoms with van der Waals surface area (Å²) in [7, 11) is 0. The number of benzene rings is 5. The van der Waals surface area contributed by atoms with Crippen molar-refractivity contribution < 1.29 is 4.42 Å². The van der Waals surface area contributed by atoms with Crippen LogP contribution in [0.3, 0.4) is 0 Å². The fourth-order valence-electron chi connectivity index (χ4n) is 6.57. The molecule has 6 nitrogen and oxygen atoms in total. The molecule has 0 amide bonds. The van der Waals surface area contributed by atoms with Crippen molar-refractivity contribution in [2.24, 2.45) is 0 Å². The predicted octanol–water partition coefficient (Wildman–Crippen LogP) is 9.96. The molecule has 0 spiro atoms. The number of rotatable bonds is 3. The molecule has 0 aliphatic heterocycles. The van der Waals surface area contributed by atoms with Crippen LogP contribution < -0.4 is 0 Å². The summed E-state index contributed by atoms with van der Waals surface area (Å²) in [5, 5.41) is 6.66. The number of thiophene rings is 1. The van der Waals surface area contributed by atoms with E-state index >= 15 is 0 Å². The first-order valence-corrected chi connectivity index (χ1v) is 15.5. The summed E-state index contributed by atoms with van der Waals surface area (Å²) in [6, 6.07) is 39.7. The van der Waals surface area contributed by atoms with Gasteiger partial charge in [-0.25, -0.2) is 4.98 Å². The Labute approximate surface area is 259 Å². The maximum atomic E-state index is 6.21. The summed E-state index contributed by atoms with van der Waals surface area (Å²) in [6.07, 6.45) is 3.59. The van der Waals surface area contributed by atoms with E-state index in [2.05, 4.69) is 101 Å². The van der Waals surface area contributed by atoms with E-state index in [9.17, 15) is 0 Å². The van der Waals surface area contributed by atoms with Gasteiger partial charge in [0, 0.05) is 65.2 Å². The highest BCUT2D eigenvalue weighted by atomic mass is 32.1. The largest absolute Gasteiger partial charge is 0.456 e. The van der Waals surface area contributed by atoms with Crippen LogP contribution in [-0.2, 0) is 0 Å². The van der Waals surface area contributed by atoms with Gasteiger partial charge in [0.2, 0.25) is 5.95 Å². The van der Waals surface area contributed by atoms with Crippen LogP contribution >= 0.6 is 11.3 Å². The molecule has 210 valence electrons. The van der Waals surface area contributed by atoms with Gasteiger partial charge in [0.25, 0.3) is 0 Å². The van der Waals surface area contributed by atoms with E-state index in [4.69, 9.17) is 19.4 Å². The zero-order valence-electron chi connectivity index (χ0n) is 23.7. The first kappa shape index (κ1) is 24.5. The Hall–Kier alpha value is -5.92. The summed E-state index contributed by atoms with van der Waals surface area (Å²) in [5.41, 5.74) is 5.43. The van der Waals surface area contributed by atoms with Crippen molar-refractivity contribution in [1.29, 1.82) is 0 Å². The van der Waals surface area contributed by atoms with Crippen molar-refractivity contribution in [3.63, 3.8) is 0 Å². The zero-order valence-corrected chi connectivity index (χ0v) is 24.5. The summed E-state index contributed by atoms with van der Waals surface area (Å²) in [4.78, 5) is 19.9. The van der Waals surface area contributed by atoms with Crippen LogP contribution in [0.15, 0.2) is 132 Å². The molecule has 0 radical (unpaired) electrons. The van der Waals surface area contributed by atoms with Crippen LogP contribution in [0.4, 0.5) is 0 Å². The monoisotopic (exact) mass is 595 g/mol. The van der Waals surface area contributed by atoms with Crippen LogP contribution in [0, 0.1) is 0 Å². The number of fused-ring (bicyclic) bond motifs is 9. The average molecular weight is 596 g/mol. The van der Waals surface area contributed by atoms with Crippen LogP contribution in [-0.4, -0.2) is 24.5 Å². The Morgan fingerprint density at radius 1 is 0.556 bits per heavy atom. The van der Waals surface area contributed by atoms with Gasteiger partial charge in [0.05, 0.1) is 11.0 Å². The summed E-state index contributed by atoms with van der Waals surface area (Å²) in [5.74, 6) is 1.75. The Morgan fingerprint density at radius 3 is 2.13 bits per heavy atom. The third-order valence-electron chi connectivity index (χ3n) is 8.58. The Bertz CT molecular complexity index is 2740. The minimum atomic E-state index is 0.562. The average Bonchev–Trinajstić information content (AvgIpc) is 3.77. The number of nitrogens with zero attached hydrogens (tertiary/aromatic N) is 5. The fourth-order valence-corrected chi connectivity index (χ4v) is 7.72. The number of hydrogen-bond donors (Lipinski definition) is 0. The first-order chi connectivity index (χ1) is 22.3. The van der Waals surface area contributed by atoms with Crippen molar-refractivity contribution in [2.45, 2.75) is 0 Å². The van der Waals surface area contributed by atoms with Crippen molar-refractivity contribution in [1.82, 2.24) is 24.5 Å². The van der Waals surface area contributed by atoms with Gasteiger partial charge in [-0.1, -0.05) is 78.9 Å². The fraction of sp³-hybridized carbons (Fsp3) is 0. The summed E-state index contributed by atoms with van der Waals surface area (Å²) >= 11 is 1.79. The highest BCUT2D eigenvalue weighted by Crippen LogP contribution is 2.39. The van der Waals surface area contributed by atoms with Gasteiger partial charge in [-0.05, 0) is 36.4 Å². The zero-order chi connectivity index (χ0) is 29.5. The van der Waals surface area contributed by atoms with E-state index in [0.29, 0.717) is 17.6 Å². The molecule has 0 fully saturated rings. The molecule has 0 bridgehead atoms. The van der Waals surface area contributed by atoms with E-state index in [1.807, 2.05) is 30.5 Å². The molecule has 0 aliphatic carbocycles. The normalized spacial score (nSPS) is 12.0. The second-order valence-corrected chi connectivity index (χ2v) is 12.2. The van der Waals surface area contributed by atoms with Gasteiger partial charge in [-0.3, -0.25) is 9.55 Å². The number of furan rings is 1. The maximum absolute atomic E-state index is 6.21. The number of aromatic nitrogens is 5. The molecule has 10 rings (SSSR count). The highest BCUT2D eigenvalue weighted by Gasteiger charge is 2.20. The molecular formula is C38H21N5OS.